The summed E-state index contributed by atoms with van der Waals surface area (Å²) < 4.78 is 5.15. The highest BCUT2D eigenvalue weighted by Crippen LogP contribution is 2.33. The number of hydrogen-bond acceptors (Lipinski definition) is 7. The number of benzene rings is 2. The summed E-state index contributed by atoms with van der Waals surface area (Å²) in [5, 5.41) is 13.5. The molecule has 3 rings (SSSR count). The van der Waals surface area contributed by atoms with Crippen molar-refractivity contribution in [1.29, 1.82) is 0 Å². The molecule has 0 bridgehead atoms. The first-order chi connectivity index (χ1) is 15.7. The zero-order valence-electron chi connectivity index (χ0n) is 18.5. The van der Waals surface area contributed by atoms with Crippen LogP contribution in [0.1, 0.15) is 17.5 Å². The molecule has 1 fully saturated rings. The molecule has 0 aromatic heterocycles. The summed E-state index contributed by atoms with van der Waals surface area (Å²) in [6, 6.07) is 9.69. The summed E-state index contributed by atoms with van der Waals surface area (Å²) in [7, 11) is 1.35. The van der Waals surface area contributed by atoms with Crippen molar-refractivity contribution >= 4 is 45.8 Å². The zero-order chi connectivity index (χ0) is 24.1. The van der Waals surface area contributed by atoms with Crippen molar-refractivity contribution in [3.63, 3.8) is 0 Å². The van der Waals surface area contributed by atoms with E-state index in [4.69, 9.17) is 4.74 Å². The number of nitrogens with one attached hydrogen (secondary N) is 1. The molecular weight excluding hydrogens is 444 g/mol. The molecule has 9 nitrogen and oxygen atoms in total. The Balaban J connectivity index is 1.76. The number of ether oxygens (including phenoxy) is 1. The summed E-state index contributed by atoms with van der Waals surface area (Å²) in [6.45, 7) is 7.99. The smallest absolute Gasteiger partial charge is 0.273 e. The third-order valence-electron chi connectivity index (χ3n) is 5.09. The van der Waals surface area contributed by atoms with Crippen molar-refractivity contribution in [3.05, 3.63) is 70.3 Å². The van der Waals surface area contributed by atoms with E-state index in [1.165, 1.54) is 42.0 Å². The number of aryl methyl sites for hydroxylation is 2. The number of thioether (sulfide) groups is 1. The maximum atomic E-state index is 12.9. The van der Waals surface area contributed by atoms with Gasteiger partial charge >= 0.3 is 0 Å². The minimum atomic E-state index is -0.653. The Hall–Kier alpha value is -3.66. The predicted molar refractivity (Wildman–Crippen MR) is 129 cm³/mol. The number of nitro groups is 1. The van der Waals surface area contributed by atoms with E-state index in [2.05, 4.69) is 16.9 Å². The fraction of sp³-hybridized carbons (Fsp3) is 0.261. The highest BCUT2D eigenvalue weighted by molar-refractivity contribution is 8.15. The molecule has 10 heteroatoms. The lowest BCUT2D eigenvalue weighted by atomic mass is 10.1. The molecular formula is C23H24N4O5S. The lowest BCUT2D eigenvalue weighted by Crippen LogP contribution is -2.33. The third-order valence-corrected chi connectivity index (χ3v) is 6.26. The largest absolute Gasteiger partial charge is 0.494 e. The first-order valence-corrected chi connectivity index (χ1v) is 11.0. The Bertz CT molecular complexity index is 1150. The van der Waals surface area contributed by atoms with E-state index in [0.29, 0.717) is 5.17 Å². The van der Waals surface area contributed by atoms with Gasteiger partial charge in [-0.3, -0.25) is 24.6 Å². The number of amidine groups is 1. The van der Waals surface area contributed by atoms with Gasteiger partial charge in [-0.15, -0.1) is 6.58 Å². The summed E-state index contributed by atoms with van der Waals surface area (Å²) in [6.07, 6.45) is 1.52. The van der Waals surface area contributed by atoms with Crippen molar-refractivity contribution in [1.82, 2.24) is 4.90 Å². The van der Waals surface area contributed by atoms with Crippen LogP contribution < -0.4 is 10.1 Å². The molecule has 0 saturated carbocycles. The van der Waals surface area contributed by atoms with Crippen molar-refractivity contribution in [2.24, 2.45) is 4.99 Å². The van der Waals surface area contributed by atoms with E-state index in [1.807, 2.05) is 32.0 Å². The van der Waals surface area contributed by atoms with E-state index in [-0.39, 0.29) is 36.0 Å². The number of carbonyl (C=O) groups is 2. The van der Waals surface area contributed by atoms with Crippen LogP contribution in [0, 0.1) is 24.0 Å². The van der Waals surface area contributed by atoms with Gasteiger partial charge < -0.3 is 10.1 Å². The SMILES string of the molecule is C=CCN1C(=O)C(CC(=O)Nc2ccc([N+](=O)[O-])cc2OC)SC1=Nc1ccc(C)c(C)c1. The topological polar surface area (TPSA) is 114 Å². The molecule has 1 heterocycles. The molecule has 2 amide bonds. The standard InChI is InChI=1S/C23H24N4O5S/c1-5-10-26-22(29)20(33-23(26)24-16-7-6-14(2)15(3)11-16)13-21(28)25-18-9-8-17(27(30)31)12-19(18)32-4/h5-9,11-12,20H,1,10,13H2,2-4H3,(H,25,28). The van der Waals surface area contributed by atoms with Crippen LogP contribution in [0.15, 0.2) is 54.0 Å². The van der Waals surface area contributed by atoms with E-state index < -0.39 is 16.1 Å². The maximum absolute atomic E-state index is 12.9. The van der Waals surface area contributed by atoms with E-state index in [9.17, 15) is 19.7 Å². The van der Waals surface area contributed by atoms with Crippen LogP contribution in [0.5, 0.6) is 5.75 Å². The molecule has 1 unspecified atom stereocenters. The minimum Gasteiger partial charge on any atom is -0.494 e. The Morgan fingerprint density at radius 2 is 2.06 bits per heavy atom. The van der Waals surface area contributed by atoms with Crippen molar-refractivity contribution in [2.75, 3.05) is 19.0 Å². The Labute approximate surface area is 195 Å². The van der Waals surface area contributed by atoms with Gasteiger partial charge in [-0.1, -0.05) is 23.9 Å². The molecule has 1 atom stereocenters. The number of methoxy groups -OCH3 is 1. The van der Waals surface area contributed by atoms with Gasteiger partial charge in [0.05, 0.1) is 29.5 Å². The van der Waals surface area contributed by atoms with E-state index in [1.54, 1.807) is 6.08 Å². The average Bonchev–Trinajstić information content (AvgIpc) is 3.05. The second-order valence-corrected chi connectivity index (χ2v) is 8.57. The normalized spacial score (nSPS) is 16.7. The fourth-order valence-electron chi connectivity index (χ4n) is 3.19. The monoisotopic (exact) mass is 468 g/mol. The van der Waals surface area contributed by atoms with Crippen LogP contribution in [0.4, 0.5) is 17.1 Å². The number of amides is 2. The number of hydrogen-bond donors (Lipinski definition) is 1. The van der Waals surface area contributed by atoms with Crippen molar-refractivity contribution in [3.8, 4) is 5.75 Å². The quantitative estimate of drug-likeness (QED) is 0.350. The Morgan fingerprint density at radius 3 is 2.70 bits per heavy atom. The highest BCUT2D eigenvalue weighted by Gasteiger charge is 2.38. The number of non-ortho nitro benzene ring substituents is 1. The van der Waals surface area contributed by atoms with Gasteiger partial charge in [0.2, 0.25) is 11.8 Å². The van der Waals surface area contributed by atoms with E-state index in [0.717, 1.165) is 16.8 Å². The van der Waals surface area contributed by atoms with Gasteiger partial charge in [-0.25, -0.2) is 4.99 Å². The number of nitro benzene ring substituents is 1. The van der Waals surface area contributed by atoms with Gasteiger partial charge in [-0.05, 0) is 43.2 Å². The van der Waals surface area contributed by atoms with Crippen LogP contribution in [0.2, 0.25) is 0 Å². The predicted octanol–water partition coefficient (Wildman–Crippen LogP) is 4.37. The molecule has 1 N–H and O–H groups in total. The second kappa shape index (κ2) is 10.3. The fourth-order valence-corrected chi connectivity index (χ4v) is 4.36. The van der Waals surface area contributed by atoms with Gasteiger partial charge in [0.25, 0.3) is 5.69 Å². The van der Waals surface area contributed by atoms with Crippen LogP contribution in [0.25, 0.3) is 0 Å². The molecule has 172 valence electrons. The van der Waals surface area contributed by atoms with Crippen LogP contribution in [-0.2, 0) is 9.59 Å². The molecule has 1 aliphatic heterocycles. The first-order valence-electron chi connectivity index (χ1n) is 10.1. The lowest BCUT2D eigenvalue weighted by molar-refractivity contribution is -0.384. The highest BCUT2D eigenvalue weighted by atomic mass is 32.2. The summed E-state index contributed by atoms with van der Waals surface area (Å²) >= 11 is 1.22. The number of aliphatic imine (C=N–C) groups is 1. The van der Waals surface area contributed by atoms with Gasteiger partial charge in [0, 0.05) is 19.0 Å². The van der Waals surface area contributed by atoms with Gasteiger partial charge in [-0.2, -0.15) is 0 Å². The van der Waals surface area contributed by atoms with Crippen LogP contribution >= 0.6 is 11.8 Å². The molecule has 2 aromatic rings. The molecule has 1 aliphatic rings. The average molecular weight is 469 g/mol. The molecule has 0 aliphatic carbocycles. The third kappa shape index (κ3) is 5.58. The number of anilines is 1. The lowest BCUT2D eigenvalue weighted by Gasteiger charge is -2.14. The minimum absolute atomic E-state index is 0.0940. The Morgan fingerprint density at radius 1 is 1.30 bits per heavy atom. The molecule has 0 spiro atoms. The molecule has 0 radical (unpaired) electrons. The zero-order valence-corrected chi connectivity index (χ0v) is 19.3. The van der Waals surface area contributed by atoms with Crippen LogP contribution in [-0.4, -0.2) is 45.7 Å². The molecule has 33 heavy (non-hydrogen) atoms. The summed E-state index contributed by atoms with van der Waals surface area (Å²) in [5.41, 5.74) is 3.10. The first kappa shape index (κ1) is 24.0. The number of rotatable bonds is 8. The summed E-state index contributed by atoms with van der Waals surface area (Å²) in [5.74, 6) is -0.486. The molecule has 1 saturated heterocycles. The van der Waals surface area contributed by atoms with Gasteiger partial charge in [0.1, 0.15) is 11.0 Å². The number of carbonyl (C=O) groups excluding carboxylic acids is 2. The second-order valence-electron chi connectivity index (χ2n) is 7.40. The van der Waals surface area contributed by atoms with Crippen molar-refractivity contribution < 1.29 is 19.2 Å². The maximum Gasteiger partial charge on any atom is 0.273 e. The number of nitrogens with zero attached hydrogens (tertiary/aromatic N) is 3. The van der Waals surface area contributed by atoms with Crippen LogP contribution in [0.3, 0.4) is 0 Å². The van der Waals surface area contributed by atoms with Gasteiger partial charge in [0.15, 0.2) is 5.17 Å². The van der Waals surface area contributed by atoms with E-state index >= 15 is 0 Å². The van der Waals surface area contributed by atoms with Crippen molar-refractivity contribution in [2.45, 2.75) is 25.5 Å². The Kier molecular flexibility index (Phi) is 7.49. The molecule has 2 aromatic carbocycles. The summed E-state index contributed by atoms with van der Waals surface area (Å²) in [4.78, 5) is 42.2.